The quantitative estimate of drug-likeness (QED) is 0.648. The molecule has 0 aromatic carbocycles. The molecule has 14 heavy (non-hydrogen) atoms. The van der Waals surface area contributed by atoms with Crippen LogP contribution in [0.3, 0.4) is 0 Å². The molecule has 0 heterocycles. The van der Waals surface area contributed by atoms with Crippen molar-refractivity contribution in [2.45, 2.75) is 31.7 Å². The summed E-state index contributed by atoms with van der Waals surface area (Å²) < 4.78 is 4.94. The number of ether oxygens (including phenoxy) is 1. The summed E-state index contributed by atoms with van der Waals surface area (Å²) in [5.74, 6) is -0.754. The van der Waals surface area contributed by atoms with Crippen LogP contribution in [-0.2, 0) is 9.53 Å². The van der Waals surface area contributed by atoms with Crippen LogP contribution in [0.15, 0.2) is 0 Å². The third-order valence-electron chi connectivity index (χ3n) is 2.82. The highest BCUT2D eigenvalue weighted by Gasteiger charge is 2.25. The second kappa shape index (κ2) is 5.98. The van der Waals surface area contributed by atoms with Gasteiger partial charge in [0.25, 0.3) is 0 Å². The van der Waals surface area contributed by atoms with Crippen LogP contribution in [0.4, 0.5) is 0 Å². The number of carbonyl (C=O) groups is 1. The molecule has 0 bridgehead atoms. The van der Waals surface area contributed by atoms with E-state index in [0.29, 0.717) is 6.04 Å². The minimum atomic E-state index is -0.639. The Bertz CT molecular complexity index is 176. The Labute approximate surface area is 84.6 Å². The monoisotopic (exact) mass is 201 g/mol. The van der Waals surface area contributed by atoms with Crippen molar-refractivity contribution in [1.82, 2.24) is 5.32 Å². The first-order valence-corrected chi connectivity index (χ1v) is 5.19. The van der Waals surface area contributed by atoms with Gasteiger partial charge in [0.15, 0.2) is 0 Å². The summed E-state index contributed by atoms with van der Waals surface area (Å²) in [7, 11) is 1.68. The predicted molar refractivity (Wildman–Crippen MR) is 53.3 cm³/mol. The molecule has 0 amide bonds. The number of hydrogen-bond donors (Lipinski definition) is 2. The number of carboxylic acid groups (broad SMARTS) is 1. The molecular formula is C10H19NO3. The molecule has 0 saturated heterocycles. The van der Waals surface area contributed by atoms with E-state index in [1.165, 1.54) is 0 Å². The Morgan fingerprint density at radius 2 is 2.07 bits per heavy atom. The van der Waals surface area contributed by atoms with Crippen LogP contribution < -0.4 is 5.32 Å². The Balaban J connectivity index is 2.12. The zero-order chi connectivity index (χ0) is 10.4. The van der Waals surface area contributed by atoms with Gasteiger partial charge in [-0.3, -0.25) is 4.79 Å². The molecule has 4 heteroatoms. The summed E-state index contributed by atoms with van der Waals surface area (Å²) in [5, 5.41) is 12.2. The largest absolute Gasteiger partial charge is 0.481 e. The molecule has 0 aromatic heterocycles. The van der Waals surface area contributed by atoms with Gasteiger partial charge in [-0.05, 0) is 25.7 Å². The number of methoxy groups -OCH3 is 1. The van der Waals surface area contributed by atoms with Crippen molar-refractivity contribution in [2.75, 3.05) is 20.3 Å². The topological polar surface area (TPSA) is 58.6 Å². The molecule has 0 aromatic rings. The molecule has 0 unspecified atom stereocenters. The fourth-order valence-electron chi connectivity index (χ4n) is 1.91. The van der Waals surface area contributed by atoms with Crippen molar-refractivity contribution >= 4 is 5.97 Å². The van der Waals surface area contributed by atoms with Gasteiger partial charge in [-0.15, -0.1) is 0 Å². The molecule has 0 spiro atoms. The first-order valence-electron chi connectivity index (χ1n) is 5.19. The molecule has 2 N–H and O–H groups in total. The van der Waals surface area contributed by atoms with E-state index in [0.717, 1.165) is 38.8 Å². The number of aliphatic carboxylic acids is 1. The maximum atomic E-state index is 10.7. The van der Waals surface area contributed by atoms with Gasteiger partial charge in [0.1, 0.15) is 0 Å². The highest BCUT2D eigenvalue weighted by Crippen LogP contribution is 2.24. The van der Waals surface area contributed by atoms with Crippen molar-refractivity contribution in [2.24, 2.45) is 5.92 Å². The van der Waals surface area contributed by atoms with Gasteiger partial charge in [0.05, 0.1) is 12.5 Å². The summed E-state index contributed by atoms with van der Waals surface area (Å²) in [6.45, 7) is 1.58. The lowest BCUT2D eigenvalue weighted by Crippen LogP contribution is -2.36. The van der Waals surface area contributed by atoms with Crippen LogP contribution >= 0.6 is 0 Å². The Hall–Kier alpha value is -0.610. The Morgan fingerprint density at radius 1 is 1.43 bits per heavy atom. The van der Waals surface area contributed by atoms with Gasteiger partial charge in [-0.25, -0.2) is 0 Å². The van der Waals surface area contributed by atoms with E-state index in [1.54, 1.807) is 7.11 Å². The predicted octanol–water partition coefficient (Wildman–Crippen LogP) is 0.866. The summed E-state index contributed by atoms with van der Waals surface area (Å²) >= 11 is 0. The summed E-state index contributed by atoms with van der Waals surface area (Å²) in [6.07, 6.45) is 3.56. The lowest BCUT2D eigenvalue weighted by atomic mass is 9.86. The molecule has 1 aliphatic rings. The zero-order valence-corrected chi connectivity index (χ0v) is 8.66. The summed E-state index contributed by atoms with van der Waals surface area (Å²) in [6, 6.07) is 0.487. The van der Waals surface area contributed by atoms with Crippen LogP contribution in [0.5, 0.6) is 0 Å². The van der Waals surface area contributed by atoms with Crippen LogP contribution in [0, 0.1) is 5.92 Å². The maximum absolute atomic E-state index is 10.7. The van der Waals surface area contributed by atoms with Crippen molar-refractivity contribution in [1.29, 1.82) is 0 Å². The lowest BCUT2D eigenvalue weighted by Gasteiger charge is -2.26. The first kappa shape index (κ1) is 11.5. The number of carboxylic acids is 1. The second-order valence-electron chi connectivity index (χ2n) is 3.83. The average Bonchev–Trinajstić information content (AvgIpc) is 2.19. The van der Waals surface area contributed by atoms with Gasteiger partial charge in [-0.1, -0.05) is 0 Å². The van der Waals surface area contributed by atoms with Gasteiger partial charge in [-0.2, -0.15) is 0 Å². The van der Waals surface area contributed by atoms with Crippen molar-refractivity contribution < 1.29 is 14.6 Å². The molecule has 1 saturated carbocycles. The normalized spacial score (nSPS) is 27.5. The van der Waals surface area contributed by atoms with E-state index in [9.17, 15) is 4.79 Å². The smallest absolute Gasteiger partial charge is 0.306 e. The maximum Gasteiger partial charge on any atom is 0.306 e. The molecule has 1 fully saturated rings. The Kier molecular flexibility index (Phi) is 4.90. The minimum Gasteiger partial charge on any atom is -0.481 e. The highest BCUT2D eigenvalue weighted by atomic mass is 16.5. The molecular weight excluding hydrogens is 182 g/mol. The van der Waals surface area contributed by atoms with Gasteiger partial charge < -0.3 is 15.2 Å². The molecule has 4 nitrogen and oxygen atoms in total. The average molecular weight is 201 g/mol. The van der Waals surface area contributed by atoms with E-state index in [-0.39, 0.29) is 5.92 Å². The van der Waals surface area contributed by atoms with Gasteiger partial charge in [0.2, 0.25) is 0 Å². The van der Waals surface area contributed by atoms with Crippen molar-refractivity contribution in [3.8, 4) is 0 Å². The van der Waals surface area contributed by atoms with Gasteiger partial charge in [0, 0.05) is 19.7 Å². The van der Waals surface area contributed by atoms with Crippen molar-refractivity contribution in [3.63, 3.8) is 0 Å². The third kappa shape index (κ3) is 3.64. The van der Waals surface area contributed by atoms with E-state index in [2.05, 4.69) is 5.32 Å². The molecule has 0 radical (unpaired) electrons. The third-order valence-corrected chi connectivity index (χ3v) is 2.82. The zero-order valence-electron chi connectivity index (χ0n) is 8.66. The standard InChI is InChI=1S/C10H19NO3/c1-14-7-6-11-9-4-2-8(3-5-9)10(12)13/h8-9,11H,2-7H2,1H3,(H,12,13). The SMILES string of the molecule is COCCNC1CCC(C(=O)O)CC1. The molecule has 0 atom stereocenters. The molecule has 1 rings (SSSR count). The lowest BCUT2D eigenvalue weighted by molar-refractivity contribution is -0.142. The summed E-state index contributed by atoms with van der Waals surface area (Å²) in [5.41, 5.74) is 0. The van der Waals surface area contributed by atoms with Gasteiger partial charge >= 0.3 is 5.97 Å². The van der Waals surface area contributed by atoms with Crippen LogP contribution in [0.25, 0.3) is 0 Å². The Morgan fingerprint density at radius 3 is 2.57 bits per heavy atom. The fraction of sp³-hybridized carbons (Fsp3) is 0.900. The number of nitrogens with one attached hydrogen (secondary N) is 1. The fourth-order valence-corrected chi connectivity index (χ4v) is 1.91. The van der Waals surface area contributed by atoms with E-state index < -0.39 is 5.97 Å². The van der Waals surface area contributed by atoms with Crippen molar-refractivity contribution in [3.05, 3.63) is 0 Å². The molecule has 82 valence electrons. The van der Waals surface area contributed by atoms with Crippen LogP contribution in [0.1, 0.15) is 25.7 Å². The van der Waals surface area contributed by atoms with Crippen LogP contribution in [-0.4, -0.2) is 37.4 Å². The molecule has 1 aliphatic carbocycles. The van der Waals surface area contributed by atoms with Crippen LogP contribution in [0.2, 0.25) is 0 Å². The van der Waals surface area contributed by atoms with E-state index >= 15 is 0 Å². The highest BCUT2D eigenvalue weighted by molar-refractivity contribution is 5.70. The summed E-state index contributed by atoms with van der Waals surface area (Å²) in [4.78, 5) is 10.7. The van der Waals surface area contributed by atoms with E-state index in [4.69, 9.17) is 9.84 Å². The second-order valence-corrected chi connectivity index (χ2v) is 3.83. The molecule has 0 aliphatic heterocycles. The number of rotatable bonds is 5. The number of hydrogen-bond acceptors (Lipinski definition) is 3. The first-order chi connectivity index (χ1) is 6.74. The van der Waals surface area contributed by atoms with E-state index in [1.807, 2.05) is 0 Å². The minimum absolute atomic E-state index is 0.115.